The predicted molar refractivity (Wildman–Crippen MR) is 77.9 cm³/mol. The first-order valence-electron chi connectivity index (χ1n) is 7.03. The Morgan fingerprint density at radius 3 is 2.47 bits per heavy atom. The van der Waals surface area contributed by atoms with Crippen molar-refractivity contribution in [1.82, 2.24) is 5.32 Å². The molecule has 0 fully saturated rings. The minimum absolute atomic E-state index is 0.166. The molecule has 0 aliphatic rings. The lowest BCUT2D eigenvalue weighted by molar-refractivity contribution is 0.00532. The highest BCUT2D eigenvalue weighted by molar-refractivity contribution is 5.27. The van der Waals surface area contributed by atoms with Crippen molar-refractivity contribution in [3.8, 4) is 0 Å². The Hall–Kier alpha value is -0.930. The van der Waals surface area contributed by atoms with Crippen molar-refractivity contribution in [3.05, 3.63) is 35.1 Å². The van der Waals surface area contributed by atoms with E-state index in [-0.39, 0.29) is 18.0 Å². The maximum Gasteiger partial charge on any atom is 0.123 e. The second-order valence-electron chi connectivity index (χ2n) is 5.33. The van der Waals surface area contributed by atoms with E-state index in [4.69, 9.17) is 4.74 Å². The Morgan fingerprint density at radius 2 is 2.00 bits per heavy atom. The van der Waals surface area contributed by atoms with Crippen LogP contribution in [0.5, 0.6) is 0 Å². The van der Waals surface area contributed by atoms with Gasteiger partial charge in [-0.15, -0.1) is 0 Å². The minimum Gasteiger partial charge on any atom is -0.377 e. The summed E-state index contributed by atoms with van der Waals surface area (Å²) in [4.78, 5) is 0. The molecular weight excluding hydrogens is 241 g/mol. The number of nitrogens with one attached hydrogen (secondary N) is 1. The smallest absolute Gasteiger partial charge is 0.123 e. The van der Waals surface area contributed by atoms with Crippen molar-refractivity contribution in [1.29, 1.82) is 0 Å². The molecule has 3 heteroatoms. The molecule has 1 aromatic carbocycles. The standard InChI is InChI=1S/C16H26FNO/c1-6-19-16(11(2)3)15(18-5)10-13-7-8-14(17)9-12(13)4/h7-9,11,15-16,18H,6,10H2,1-5H3. The number of aryl methyl sites for hydroxylation is 1. The first kappa shape index (κ1) is 16.1. The Bertz CT molecular complexity index is 392. The van der Waals surface area contributed by atoms with Crippen molar-refractivity contribution in [3.63, 3.8) is 0 Å². The first-order valence-corrected chi connectivity index (χ1v) is 7.03. The van der Waals surface area contributed by atoms with Crippen molar-refractivity contribution in [2.75, 3.05) is 13.7 Å². The summed E-state index contributed by atoms with van der Waals surface area (Å²) in [6, 6.07) is 5.23. The molecule has 0 spiro atoms. The molecule has 0 bridgehead atoms. The van der Waals surface area contributed by atoms with Crippen molar-refractivity contribution >= 4 is 0 Å². The number of benzene rings is 1. The van der Waals surface area contributed by atoms with Gasteiger partial charge in [-0.25, -0.2) is 4.39 Å². The van der Waals surface area contributed by atoms with Crippen LogP contribution in [0.1, 0.15) is 31.9 Å². The van der Waals surface area contributed by atoms with E-state index in [1.54, 1.807) is 6.07 Å². The molecule has 0 amide bonds. The number of halogens is 1. The zero-order valence-electron chi connectivity index (χ0n) is 12.7. The van der Waals surface area contributed by atoms with Gasteiger partial charge in [0.2, 0.25) is 0 Å². The summed E-state index contributed by atoms with van der Waals surface area (Å²) < 4.78 is 19.0. The average molecular weight is 267 g/mol. The molecule has 0 aliphatic heterocycles. The summed E-state index contributed by atoms with van der Waals surface area (Å²) in [5.74, 6) is 0.269. The van der Waals surface area contributed by atoms with Crippen LogP contribution in [0.25, 0.3) is 0 Å². The van der Waals surface area contributed by atoms with Gasteiger partial charge in [-0.1, -0.05) is 19.9 Å². The summed E-state index contributed by atoms with van der Waals surface area (Å²) in [5.41, 5.74) is 2.17. The summed E-state index contributed by atoms with van der Waals surface area (Å²) in [7, 11) is 1.96. The van der Waals surface area contributed by atoms with E-state index >= 15 is 0 Å². The lowest BCUT2D eigenvalue weighted by atomic mass is 9.92. The molecule has 1 aromatic rings. The van der Waals surface area contributed by atoms with Crippen LogP contribution in [-0.2, 0) is 11.2 Å². The van der Waals surface area contributed by atoms with Crippen LogP contribution in [0.4, 0.5) is 4.39 Å². The Morgan fingerprint density at radius 1 is 1.32 bits per heavy atom. The lowest BCUT2D eigenvalue weighted by Gasteiger charge is -2.30. The van der Waals surface area contributed by atoms with E-state index in [9.17, 15) is 4.39 Å². The largest absolute Gasteiger partial charge is 0.377 e. The highest BCUT2D eigenvalue weighted by Crippen LogP contribution is 2.18. The second-order valence-corrected chi connectivity index (χ2v) is 5.33. The number of rotatable bonds is 7. The number of hydrogen-bond acceptors (Lipinski definition) is 2. The molecule has 1 rings (SSSR count). The Balaban J connectivity index is 2.85. The molecular formula is C16H26FNO. The van der Waals surface area contributed by atoms with E-state index in [0.717, 1.165) is 12.0 Å². The van der Waals surface area contributed by atoms with Gasteiger partial charge in [0.1, 0.15) is 5.82 Å². The molecule has 0 aliphatic carbocycles. The number of likely N-dealkylation sites (N-methyl/N-ethyl adjacent to an activating group) is 1. The molecule has 0 heterocycles. The molecule has 2 unspecified atom stereocenters. The molecule has 19 heavy (non-hydrogen) atoms. The molecule has 0 saturated carbocycles. The van der Waals surface area contributed by atoms with Gasteiger partial charge in [0.15, 0.2) is 0 Å². The monoisotopic (exact) mass is 267 g/mol. The molecule has 0 radical (unpaired) electrons. The SMILES string of the molecule is CCOC(C(C)C)C(Cc1ccc(F)cc1C)NC. The van der Waals surface area contributed by atoms with Crippen LogP contribution in [-0.4, -0.2) is 25.8 Å². The van der Waals surface area contributed by atoms with Crippen LogP contribution in [0.2, 0.25) is 0 Å². The maximum absolute atomic E-state index is 13.1. The molecule has 0 saturated heterocycles. The van der Waals surface area contributed by atoms with Gasteiger partial charge in [0, 0.05) is 12.6 Å². The number of hydrogen-bond donors (Lipinski definition) is 1. The van der Waals surface area contributed by atoms with Crippen LogP contribution in [0, 0.1) is 18.7 Å². The fourth-order valence-electron chi connectivity index (χ4n) is 2.47. The summed E-state index contributed by atoms with van der Waals surface area (Å²) in [5, 5.41) is 3.34. The zero-order chi connectivity index (χ0) is 14.4. The van der Waals surface area contributed by atoms with Gasteiger partial charge in [-0.3, -0.25) is 0 Å². The molecule has 108 valence electrons. The van der Waals surface area contributed by atoms with E-state index in [2.05, 4.69) is 19.2 Å². The maximum atomic E-state index is 13.1. The van der Waals surface area contributed by atoms with Gasteiger partial charge in [0.05, 0.1) is 6.10 Å². The zero-order valence-corrected chi connectivity index (χ0v) is 12.7. The summed E-state index contributed by atoms with van der Waals surface area (Å²) >= 11 is 0. The van der Waals surface area contributed by atoms with E-state index in [1.807, 2.05) is 27.0 Å². The summed E-state index contributed by atoms with van der Waals surface area (Å²) in [6.45, 7) is 9.02. The third-order valence-electron chi connectivity index (χ3n) is 3.53. The van der Waals surface area contributed by atoms with Gasteiger partial charge >= 0.3 is 0 Å². The fourth-order valence-corrected chi connectivity index (χ4v) is 2.47. The van der Waals surface area contributed by atoms with Gasteiger partial charge in [0.25, 0.3) is 0 Å². The van der Waals surface area contributed by atoms with Crippen LogP contribution in [0.15, 0.2) is 18.2 Å². The van der Waals surface area contributed by atoms with Gasteiger partial charge < -0.3 is 10.1 Å². The van der Waals surface area contributed by atoms with Crippen molar-refractivity contribution < 1.29 is 9.13 Å². The van der Waals surface area contributed by atoms with Crippen LogP contribution >= 0.6 is 0 Å². The normalized spacial score (nSPS) is 14.7. The predicted octanol–water partition coefficient (Wildman–Crippen LogP) is 3.33. The highest BCUT2D eigenvalue weighted by Gasteiger charge is 2.24. The minimum atomic E-state index is -0.174. The summed E-state index contributed by atoms with van der Waals surface area (Å²) in [6.07, 6.45) is 1.02. The lowest BCUT2D eigenvalue weighted by Crippen LogP contribution is -2.44. The van der Waals surface area contributed by atoms with E-state index in [1.165, 1.54) is 11.6 Å². The first-order chi connectivity index (χ1) is 8.99. The second kappa shape index (κ2) is 7.61. The van der Waals surface area contributed by atoms with Gasteiger partial charge in [-0.2, -0.15) is 0 Å². The van der Waals surface area contributed by atoms with Crippen LogP contribution in [0.3, 0.4) is 0 Å². The topological polar surface area (TPSA) is 21.3 Å². The number of ether oxygens (including phenoxy) is 1. The Kier molecular flexibility index (Phi) is 6.46. The highest BCUT2D eigenvalue weighted by atomic mass is 19.1. The molecule has 1 N–H and O–H groups in total. The van der Waals surface area contributed by atoms with E-state index in [0.29, 0.717) is 12.5 Å². The van der Waals surface area contributed by atoms with Crippen LogP contribution < -0.4 is 5.32 Å². The van der Waals surface area contributed by atoms with Crippen molar-refractivity contribution in [2.45, 2.75) is 46.3 Å². The molecule has 2 atom stereocenters. The van der Waals surface area contributed by atoms with Crippen molar-refractivity contribution in [2.24, 2.45) is 5.92 Å². The quantitative estimate of drug-likeness (QED) is 0.818. The molecule has 0 aromatic heterocycles. The molecule has 2 nitrogen and oxygen atoms in total. The third kappa shape index (κ3) is 4.59. The Labute approximate surface area is 116 Å². The average Bonchev–Trinajstić information content (AvgIpc) is 2.35. The third-order valence-corrected chi connectivity index (χ3v) is 3.53. The van der Waals surface area contributed by atoms with Gasteiger partial charge in [-0.05, 0) is 56.5 Å². The fraction of sp³-hybridized carbons (Fsp3) is 0.625. The van der Waals surface area contributed by atoms with E-state index < -0.39 is 0 Å².